The molecule has 1 fully saturated rings. The first-order valence-electron chi connectivity index (χ1n) is 14.2. The SMILES string of the molecule is Cc1ccc(F)c(CC(=O)Cc2ccc(Oc3ccnc(-c4cc(C(=O)NCCCN5CCOCC5)c[nH]4)c3)cc2)c1. The second-order valence-electron chi connectivity index (χ2n) is 10.5. The second-order valence-corrected chi connectivity index (χ2v) is 10.5. The van der Waals surface area contributed by atoms with Gasteiger partial charge in [-0.3, -0.25) is 19.5 Å². The molecule has 0 bridgehead atoms. The lowest BCUT2D eigenvalue weighted by Crippen LogP contribution is -2.38. The standard InChI is InChI=1S/C33H35FN4O4/c1-23-3-8-30(34)25(17-23)19-27(39)18-24-4-6-28(7-5-24)42-29-9-11-35-32(21-29)31-20-26(22-37-31)33(40)36-10-2-12-38-13-15-41-16-14-38/h3-9,11,17,20-22,37H,2,10,12-16,18-19H2,1H3,(H,36,40). The molecule has 0 spiro atoms. The number of morpholine rings is 1. The summed E-state index contributed by atoms with van der Waals surface area (Å²) in [5.74, 6) is 0.649. The van der Waals surface area contributed by atoms with Gasteiger partial charge in [-0.2, -0.15) is 0 Å². The summed E-state index contributed by atoms with van der Waals surface area (Å²) in [6, 6.07) is 17.4. The van der Waals surface area contributed by atoms with Gasteiger partial charge in [0.05, 0.1) is 30.2 Å². The molecule has 2 aromatic heterocycles. The molecular formula is C33H35FN4O4. The highest BCUT2D eigenvalue weighted by molar-refractivity contribution is 5.95. The zero-order chi connectivity index (χ0) is 29.3. The molecule has 42 heavy (non-hydrogen) atoms. The van der Waals surface area contributed by atoms with Gasteiger partial charge in [-0.25, -0.2) is 4.39 Å². The van der Waals surface area contributed by atoms with Crippen LogP contribution in [0.15, 0.2) is 73.1 Å². The van der Waals surface area contributed by atoms with E-state index in [1.807, 2.05) is 19.1 Å². The summed E-state index contributed by atoms with van der Waals surface area (Å²) in [5.41, 5.74) is 4.06. The Hall–Kier alpha value is -4.34. The Balaban J connectivity index is 1.12. The van der Waals surface area contributed by atoms with Crippen LogP contribution >= 0.6 is 0 Å². The summed E-state index contributed by atoms with van der Waals surface area (Å²) < 4.78 is 25.4. The van der Waals surface area contributed by atoms with E-state index in [2.05, 4.69) is 20.2 Å². The first-order valence-corrected chi connectivity index (χ1v) is 14.2. The Morgan fingerprint density at radius 1 is 1.02 bits per heavy atom. The van der Waals surface area contributed by atoms with E-state index in [0.717, 1.165) is 50.4 Å². The molecule has 3 heterocycles. The van der Waals surface area contributed by atoms with E-state index in [1.54, 1.807) is 54.9 Å². The lowest BCUT2D eigenvalue weighted by Gasteiger charge is -2.26. The molecule has 0 radical (unpaired) electrons. The molecule has 2 N–H and O–H groups in total. The van der Waals surface area contributed by atoms with Crippen molar-refractivity contribution < 1.29 is 23.5 Å². The number of aromatic nitrogens is 2. The Kier molecular flexibility index (Phi) is 9.74. The van der Waals surface area contributed by atoms with Gasteiger partial charge >= 0.3 is 0 Å². The van der Waals surface area contributed by atoms with Crippen molar-refractivity contribution in [2.45, 2.75) is 26.2 Å². The van der Waals surface area contributed by atoms with Crippen LogP contribution in [-0.2, 0) is 22.4 Å². The van der Waals surface area contributed by atoms with Crippen molar-refractivity contribution in [3.63, 3.8) is 0 Å². The number of carbonyl (C=O) groups excluding carboxylic acids is 2. The number of H-pyrrole nitrogens is 1. The van der Waals surface area contributed by atoms with E-state index in [9.17, 15) is 14.0 Å². The zero-order valence-electron chi connectivity index (χ0n) is 23.7. The molecule has 0 atom stereocenters. The van der Waals surface area contributed by atoms with Crippen molar-refractivity contribution in [1.29, 1.82) is 0 Å². The van der Waals surface area contributed by atoms with Crippen LogP contribution in [0.2, 0.25) is 0 Å². The number of aryl methyl sites for hydroxylation is 1. The minimum Gasteiger partial charge on any atom is -0.457 e. The van der Waals surface area contributed by atoms with Gasteiger partial charge < -0.3 is 19.8 Å². The van der Waals surface area contributed by atoms with Crippen LogP contribution < -0.4 is 10.1 Å². The van der Waals surface area contributed by atoms with E-state index in [-0.39, 0.29) is 30.3 Å². The number of pyridine rings is 1. The minimum absolute atomic E-state index is 0.0565. The predicted molar refractivity (Wildman–Crippen MR) is 158 cm³/mol. The number of amides is 1. The number of aromatic amines is 1. The van der Waals surface area contributed by atoms with Crippen molar-refractivity contribution in [3.8, 4) is 22.9 Å². The third kappa shape index (κ3) is 8.11. The minimum atomic E-state index is -0.358. The van der Waals surface area contributed by atoms with Crippen LogP contribution in [0.4, 0.5) is 4.39 Å². The molecule has 0 unspecified atom stereocenters. The maximum atomic E-state index is 14.0. The molecule has 1 aliphatic heterocycles. The number of Topliss-reactive ketones (excluding diaryl/α,β-unsaturated/α-hetero) is 1. The summed E-state index contributed by atoms with van der Waals surface area (Å²) in [7, 11) is 0. The molecule has 1 aliphatic rings. The third-order valence-electron chi connectivity index (χ3n) is 7.14. The van der Waals surface area contributed by atoms with Crippen molar-refractivity contribution in [1.82, 2.24) is 20.2 Å². The Bertz CT molecular complexity index is 1510. The van der Waals surface area contributed by atoms with Gasteiger partial charge in [0, 0.05) is 50.9 Å². The van der Waals surface area contributed by atoms with Crippen molar-refractivity contribution >= 4 is 11.7 Å². The average molecular weight is 571 g/mol. The number of nitrogens with one attached hydrogen (secondary N) is 2. The number of nitrogens with zero attached hydrogens (tertiary/aromatic N) is 2. The fourth-order valence-electron chi connectivity index (χ4n) is 4.88. The number of ketones is 1. The van der Waals surface area contributed by atoms with Crippen LogP contribution in [0.1, 0.15) is 33.5 Å². The summed E-state index contributed by atoms with van der Waals surface area (Å²) in [6.45, 7) is 6.85. The maximum absolute atomic E-state index is 14.0. The first kappa shape index (κ1) is 29.2. The van der Waals surface area contributed by atoms with Crippen LogP contribution in [0.25, 0.3) is 11.4 Å². The molecule has 0 aliphatic carbocycles. The first-order chi connectivity index (χ1) is 20.4. The maximum Gasteiger partial charge on any atom is 0.252 e. The Labute approximate surface area is 244 Å². The molecule has 2 aromatic carbocycles. The smallest absolute Gasteiger partial charge is 0.252 e. The Morgan fingerprint density at radius 3 is 2.64 bits per heavy atom. The molecule has 218 valence electrons. The van der Waals surface area contributed by atoms with E-state index in [4.69, 9.17) is 9.47 Å². The molecule has 0 saturated carbocycles. The molecule has 5 rings (SSSR count). The third-order valence-corrected chi connectivity index (χ3v) is 7.14. The second kappa shape index (κ2) is 14.0. The molecule has 8 nitrogen and oxygen atoms in total. The van der Waals surface area contributed by atoms with E-state index < -0.39 is 0 Å². The lowest BCUT2D eigenvalue weighted by atomic mass is 10.0. The summed E-state index contributed by atoms with van der Waals surface area (Å²) in [6.07, 6.45) is 4.48. The molecule has 4 aromatic rings. The zero-order valence-corrected chi connectivity index (χ0v) is 23.7. The summed E-state index contributed by atoms with van der Waals surface area (Å²) in [5, 5.41) is 2.98. The van der Waals surface area contributed by atoms with Crippen molar-refractivity contribution in [2.24, 2.45) is 0 Å². The highest BCUT2D eigenvalue weighted by Crippen LogP contribution is 2.26. The molecular weight excluding hydrogens is 535 g/mol. The van der Waals surface area contributed by atoms with Crippen LogP contribution in [0, 0.1) is 12.7 Å². The lowest BCUT2D eigenvalue weighted by molar-refractivity contribution is -0.117. The predicted octanol–water partition coefficient (Wildman–Crippen LogP) is 5.12. The fourth-order valence-corrected chi connectivity index (χ4v) is 4.88. The van der Waals surface area contributed by atoms with Gasteiger partial charge in [0.15, 0.2) is 0 Å². The van der Waals surface area contributed by atoms with Gasteiger partial charge in [-0.1, -0.05) is 29.8 Å². The number of ether oxygens (including phenoxy) is 2. The summed E-state index contributed by atoms with van der Waals surface area (Å²) >= 11 is 0. The van der Waals surface area contributed by atoms with Gasteiger partial charge in [-0.05, 0) is 61.3 Å². The number of halogens is 1. The van der Waals surface area contributed by atoms with Gasteiger partial charge in [0.25, 0.3) is 5.91 Å². The largest absolute Gasteiger partial charge is 0.457 e. The molecule has 1 saturated heterocycles. The van der Waals surface area contributed by atoms with Crippen LogP contribution in [-0.4, -0.2) is 66.0 Å². The number of rotatable bonds is 12. The van der Waals surface area contributed by atoms with Crippen molar-refractivity contribution in [3.05, 3.63) is 101 Å². The topological polar surface area (TPSA) is 96.5 Å². The van der Waals surface area contributed by atoms with Gasteiger partial charge in [0.1, 0.15) is 23.1 Å². The molecule has 1 amide bonds. The number of benzene rings is 2. The molecule has 9 heteroatoms. The number of hydrogen-bond acceptors (Lipinski definition) is 6. The monoisotopic (exact) mass is 570 g/mol. The Morgan fingerprint density at radius 2 is 1.83 bits per heavy atom. The van der Waals surface area contributed by atoms with E-state index >= 15 is 0 Å². The van der Waals surface area contributed by atoms with Crippen molar-refractivity contribution in [2.75, 3.05) is 39.4 Å². The fraction of sp³-hybridized carbons (Fsp3) is 0.303. The van der Waals surface area contributed by atoms with Crippen LogP contribution in [0.3, 0.4) is 0 Å². The highest BCUT2D eigenvalue weighted by Gasteiger charge is 2.13. The highest BCUT2D eigenvalue weighted by atomic mass is 19.1. The van der Waals surface area contributed by atoms with Crippen LogP contribution in [0.5, 0.6) is 11.5 Å². The number of carbonyl (C=O) groups is 2. The summed E-state index contributed by atoms with van der Waals surface area (Å²) in [4.78, 5) is 35.0. The quantitative estimate of drug-likeness (QED) is 0.230. The normalized spacial score (nSPS) is 13.6. The van der Waals surface area contributed by atoms with Gasteiger partial charge in [0.2, 0.25) is 0 Å². The average Bonchev–Trinajstić information content (AvgIpc) is 3.50. The van der Waals surface area contributed by atoms with E-state index in [0.29, 0.717) is 40.6 Å². The number of hydrogen-bond donors (Lipinski definition) is 2. The van der Waals surface area contributed by atoms with Gasteiger partial charge in [-0.15, -0.1) is 0 Å². The van der Waals surface area contributed by atoms with E-state index in [1.165, 1.54) is 6.07 Å².